The molecule has 2 unspecified atom stereocenters. The fraction of sp³-hybridized carbons (Fsp3) is 0.286. The number of rotatable bonds is 6. The van der Waals surface area contributed by atoms with Crippen molar-refractivity contribution in [3.8, 4) is 6.07 Å². The smallest absolute Gasteiger partial charge is 0.326 e. The van der Waals surface area contributed by atoms with Crippen molar-refractivity contribution in [3.63, 3.8) is 0 Å². The molecule has 150 valence electrons. The maximum absolute atomic E-state index is 12.6. The number of nitrogens with zero attached hydrogens (tertiary/aromatic N) is 1. The number of hydrogen-bond acceptors (Lipinski definition) is 4. The van der Waals surface area contributed by atoms with Crippen LogP contribution in [0, 0.1) is 11.3 Å². The first kappa shape index (κ1) is 21.0. The standard InChI is InChI=1S/C21H19Cl2N3O3/c22-14-9-15(23)20-16(10-14)25-18(21(28)29)11-17(20)26-19(27)8-13-5-3-12(4-6-13)2-1-7-24/h3-6,9-10,17-18,25H,1-2,8,11H2,(H,26,27)(H,28,29). The topological polar surface area (TPSA) is 102 Å². The number of fused-ring (bicyclic) bond motifs is 1. The average Bonchev–Trinajstić information content (AvgIpc) is 2.66. The normalized spacial score (nSPS) is 17.6. The average molecular weight is 432 g/mol. The molecule has 0 radical (unpaired) electrons. The Hall–Kier alpha value is -2.75. The molecule has 1 amide bonds. The Morgan fingerprint density at radius 1 is 1.21 bits per heavy atom. The summed E-state index contributed by atoms with van der Waals surface area (Å²) < 4.78 is 0. The number of anilines is 1. The number of amides is 1. The van der Waals surface area contributed by atoms with Crippen LogP contribution in [-0.4, -0.2) is 23.0 Å². The van der Waals surface area contributed by atoms with Gasteiger partial charge in [0.15, 0.2) is 0 Å². The zero-order chi connectivity index (χ0) is 21.0. The number of halogens is 2. The van der Waals surface area contributed by atoms with Gasteiger partial charge in [-0.2, -0.15) is 5.26 Å². The van der Waals surface area contributed by atoms with Crippen LogP contribution in [0.1, 0.15) is 35.6 Å². The number of carboxylic acid groups (broad SMARTS) is 1. The molecule has 3 N–H and O–H groups in total. The Morgan fingerprint density at radius 2 is 1.90 bits per heavy atom. The van der Waals surface area contributed by atoms with Crippen LogP contribution in [0.15, 0.2) is 36.4 Å². The molecule has 3 rings (SSSR count). The van der Waals surface area contributed by atoms with E-state index in [4.69, 9.17) is 28.5 Å². The quantitative estimate of drug-likeness (QED) is 0.638. The van der Waals surface area contributed by atoms with Gasteiger partial charge < -0.3 is 15.7 Å². The predicted molar refractivity (Wildman–Crippen MR) is 111 cm³/mol. The fourth-order valence-corrected chi connectivity index (χ4v) is 4.03. The zero-order valence-corrected chi connectivity index (χ0v) is 16.9. The predicted octanol–water partition coefficient (Wildman–Crippen LogP) is 4.12. The molecule has 1 heterocycles. The van der Waals surface area contributed by atoms with Crippen LogP contribution in [0.5, 0.6) is 0 Å². The third-order valence-corrected chi connectivity index (χ3v) is 5.32. The van der Waals surface area contributed by atoms with Gasteiger partial charge in [0, 0.05) is 34.1 Å². The van der Waals surface area contributed by atoms with Gasteiger partial charge in [0.1, 0.15) is 6.04 Å². The number of nitriles is 1. The van der Waals surface area contributed by atoms with Crippen molar-refractivity contribution in [1.82, 2.24) is 5.32 Å². The maximum Gasteiger partial charge on any atom is 0.326 e. The Morgan fingerprint density at radius 3 is 2.55 bits per heavy atom. The molecular formula is C21H19Cl2N3O3. The number of carboxylic acids is 1. The van der Waals surface area contributed by atoms with Crippen molar-refractivity contribution < 1.29 is 14.7 Å². The Bertz CT molecular complexity index is 970. The van der Waals surface area contributed by atoms with Crippen molar-refractivity contribution in [3.05, 3.63) is 63.1 Å². The lowest BCUT2D eigenvalue weighted by Crippen LogP contribution is -2.41. The van der Waals surface area contributed by atoms with Crippen molar-refractivity contribution in [2.75, 3.05) is 5.32 Å². The largest absolute Gasteiger partial charge is 0.480 e. The van der Waals surface area contributed by atoms with Gasteiger partial charge in [0.25, 0.3) is 0 Å². The van der Waals surface area contributed by atoms with Gasteiger partial charge >= 0.3 is 5.97 Å². The molecule has 6 nitrogen and oxygen atoms in total. The van der Waals surface area contributed by atoms with Gasteiger partial charge in [0.05, 0.1) is 18.5 Å². The van der Waals surface area contributed by atoms with Crippen LogP contribution < -0.4 is 10.6 Å². The molecule has 29 heavy (non-hydrogen) atoms. The van der Waals surface area contributed by atoms with Crippen molar-refractivity contribution >= 4 is 40.8 Å². The highest BCUT2D eigenvalue weighted by Gasteiger charge is 2.33. The molecule has 2 aromatic carbocycles. The highest BCUT2D eigenvalue weighted by molar-refractivity contribution is 6.35. The lowest BCUT2D eigenvalue weighted by Gasteiger charge is -2.32. The van der Waals surface area contributed by atoms with E-state index in [9.17, 15) is 14.7 Å². The van der Waals surface area contributed by atoms with Crippen molar-refractivity contribution in [2.24, 2.45) is 0 Å². The fourth-order valence-electron chi connectivity index (χ4n) is 3.41. The summed E-state index contributed by atoms with van der Waals surface area (Å²) in [5.41, 5.74) is 3.01. The molecular weight excluding hydrogens is 413 g/mol. The molecule has 0 saturated carbocycles. The number of benzene rings is 2. The Balaban J connectivity index is 1.74. The first-order valence-corrected chi connectivity index (χ1v) is 9.85. The summed E-state index contributed by atoms with van der Waals surface area (Å²) in [4.78, 5) is 24.1. The lowest BCUT2D eigenvalue weighted by atomic mass is 9.92. The van der Waals surface area contributed by atoms with Crippen LogP contribution >= 0.6 is 23.2 Å². The first-order chi connectivity index (χ1) is 13.9. The number of carbonyl (C=O) groups excluding carboxylic acids is 1. The van der Waals surface area contributed by atoms with Gasteiger partial charge in [-0.05, 0) is 29.7 Å². The van der Waals surface area contributed by atoms with E-state index in [-0.39, 0.29) is 18.7 Å². The molecule has 1 aliphatic rings. The Labute approximate surface area is 178 Å². The molecule has 0 aromatic heterocycles. The second-order valence-electron chi connectivity index (χ2n) is 6.89. The van der Waals surface area contributed by atoms with E-state index in [1.807, 2.05) is 24.3 Å². The van der Waals surface area contributed by atoms with E-state index in [0.717, 1.165) is 11.1 Å². The number of aliphatic carboxylic acids is 1. The van der Waals surface area contributed by atoms with Crippen LogP contribution in [0.25, 0.3) is 0 Å². The van der Waals surface area contributed by atoms with E-state index in [2.05, 4.69) is 16.7 Å². The Kier molecular flexibility index (Phi) is 6.63. The third kappa shape index (κ3) is 5.20. The van der Waals surface area contributed by atoms with Crippen LogP contribution in [-0.2, 0) is 22.4 Å². The summed E-state index contributed by atoms with van der Waals surface area (Å²) in [6.07, 6.45) is 1.44. The summed E-state index contributed by atoms with van der Waals surface area (Å²) >= 11 is 12.4. The van der Waals surface area contributed by atoms with Gasteiger partial charge in [-0.25, -0.2) is 4.79 Å². The van der Waals surface area contributed by atoms with E-state index < -0.39 is 18.1 Å². The minimum absolute atomic E-state index is 0.154. The van der Waals surface area contributed by atoms with E-state index in [1.54, 1.807) is 12.1 Å². The molecule has 8 heteroatoms. The zero-order valence-electron chi connectivity index (χ0n) is 15.4. The number of aryl methyl sites for hydroxylation is 1. The first-order valence-electron chi connectivity index (χ1n) is 9.09. The minimum atomic E-state index is -1.01. The summed E-state index contributed by atoms with van der Waals surface area (Å²) in [5, 5.41) is 24.6. The van der Waals surface area contributed by atoms with E-state index >= 15 is 0 Å². The molecule has 0 saturated heterocycles. The van der Waals surface area contributed by atoms with E-state index in [0.29, 0.717) is 34.1 Å². The molecule has 2 aromatic rings. The summed E-state index contributed by atoms with van der Waals surface area (Å²) in [6, 6.07) is 11.4. The van der Waals surface area contributed by atoms with E-state index in [1.165, 1.54) is 0 Å². The monoisotopic (exact) mass is 431 g/mol. The molecule has 0 aliphatic carbocycles. The van der Waals surface area contributed by atoms with Crippen molar-refractivity contribution in [2.45, 2.75) is 37.8 Å². The summed E-state index contributed by atoms with van der Waals surface area (Å²) in [6.45, 7) is 0. The summed E-state index contributed by atoms with van der Waals surface area (Å²) in [5.74, 6) is -1.25. The molecule has 0 spiro atoms. The van der Waals surface area contributed by atoms with Crippen LogP contribution in [0.4, 0.5) is 5.69 Å². The number of hydrogen-bond donors (Lipinski definition) is 3. The molecule has 0 fully saturated rings. The van der Waals surface area contributed by atoms with Gasteiger partial charge in [0.2, 0.25) is 5.91 Å². The second-order valence-corrected chi connectivity index (χ2v) is 7.73. The van der Waals surface area contributed by atoms with Gasteiger partial charge in [-0.3, -0.25) is 4.79 Å². The van der Waals surface area contributed by atoms with Gasteiger partial charge in [-0.15, -0.1) is 0 Å². The molecule has 0 bridgehead atoms. The lowest BCUT2D eigenvalue weighted by molar-refractivity contribution is -0.138. The highest BCUT2D eigenvalue weighted by Crippen LogP contribution is 2.39. The minimum Gasteiger partial charge on any atom is -0.480 e. The van der Waals surface area contributed by atoms with Crippen molar-refractivity contribution in [1.29, 1.82) is 5.26 Å². The maximum atomic E-state index is 12.6. The second kappa shape index (κ2) is 9.17. The SMILES string of the molecule is N#CCCc1ccc(CC(=O)NC2CC(C(=O)O)Nc3cc(Cl)cc(Cl)c32)cc1. The van der Waals surface area contributed by atoms with Gasteiger partial charge in [-0.1, -0.05) is 47.5 Å². The highest BCUT2D eigenvalue weighted by atomic mass is 35.5. The third-order valence-electron chi connectivity index (χ3n) is 4.79. The number of nitrogens with one attached hydrogen (secondary N) is 2. The number of carbonyl (C=O) groups is 2. The van der Waals surface area contributed by atoms with Crippen LogP contribution in [0.3, 0.4) is 0 Å². The van der Waals surface area contributed by atoms with Crippen LogP contribution in [0.2, 0.25) is 10.0 Å². The summed E-state index contributed by atoms with van der Waals surface area (Å²) in [7, 11) is 0. The molecule has 1 aliphatic heterocycles. The molecule has 2 atom stereocenters.